The lowest BCUT2D eigenvalue weighted by Crippen LogP contribution is -2.46. The van der Waals surface area contributed by atoms with Crippen LogP contribution in [0, 0.1) is 6.92 Å². The number of unbranched alkanes of at least 4 members (excludes halogenated alkanes) is 3. The van der Waals surface area contributed by atoms with Crippen molar-refractivity contribution in [2.24, 2.45) is 0 Å². The Hall–Kier alpha value is -2.36. The summed E-state index contributed by atoms with van der Waals surface area (Å²) in [6, 6.07) is 28.2. The highest BCUT2D eigenvalue weighted by molar-refractivity contribution is 6.81. The maximum Gasteiger partial charge on any atom is 0.0667 e. The summed E-state index contributed by atoms with van der Waals surface area (Å²) in [6.07, 6.45) is 6.44. The second-order valence-corrected chi connectivity index (χ2v) is 19.5. The van der Waals surface area contributed by atoms with Crippen molar-refractivity contribution in [1.82, 2.24) is 0 Å². The van der Waals surface area contributed by atoms with Crippen LogP contribution < -0.4 is 4.90 Å². The zero-order valence-electron chi connectivity index (χ0n) is 26.5. The Morgan fingerprint density at radius 1 is 0.829 bits per heavy atom. The monoisotopic (exact) mass is 565 g/mol. The lowest BCUT2D eigenvalue weighted by molar-refractivity contribution is -0.00471. The van der Waals surface area contributed by atoms with E-state index in [1.807, 2.05) is 0 Å². The molecule has 0 bridgehead atoms. The van der Waals surface area contributed by atoms with Gasteiger partial charge in [0, 0.05) is 25.3 Å². The molecule has 2 aliphatic carbocycles. The Labute approximate surface area is 250 Å². The fourth-order valence-corrected chi connectivity index (χ4v) is 15.1. The zero-order chi connectivity index (χ0) is 28.9. The average molecular weight is 566 g/mol. The number of fused-ring (bicyclic) bond motifs is 6. The molecule has 218 valence electrons. The summed E-state index contributed by atoms with van der Waals surface area (Å²) in [6.45, 7) is 15.0. The van der Waals surface area contributed by atoms with Crippen molar-refractivity contribution >= 4 is 13.8 Å². The van der Waals surface area contributed by atoms with E-state index in [1.165, 1.54) is 49.4 Å². The van der Waals surface area contributed by atoms with E-state index in [2.05, 4.69) is 120 Å². The largest absolute Gasteiger partial charge is 0.376 e. The van der Waals surface area contributed by atoms with E-state index in [9.17, 15) is 0 Å². The molecule has 1 heterocycles. The molecule has 0 spiro atoms. The number of hydrogen-bond acceptors (Lipinski definition) is 2. The number of hydrogen-bond donors (Lipinski definition) is 0. The molecule has 2 nitrogen and oxygen atoms in total. The standard InChI is InChI=1S/C38H51NOSi/c1-26-20-21-33-32(24-26)35-36(39(33)6)30-18-12-13-19-31(30)37(35)41(7,23-15-9-8-14-22-40-38(3,4)5)34-25-27(2)28-16-10-11-17-29(28)34/h10-13,16-21,24,27,34-37H,8-9,14-15,22-23,25H2,1-7H3. The van der Waals surface area contributed by atoms with Crippen molar-refractivity contribution in [3.05, 3.63) is 100 Å². The Morgan fingerprint density at radius 3 is 2.22 bits per heavy atom. The molecule has 1 aliphatic heterocycles. The van der Waals surface area contributed by atoms with Crippen LogP contribution in [-0.2, 0) is 4.74 Å². The van der Waals surface area contributed by atoms with E-state index in [0.29, 0.717) is 29.0 Å². The molecule has 6 atom stereocenters. The molecular formula is C38H51NOSi. The van der Waals surface area contributed by atoms with Crippen LogP contribution in [0.4, 0.5) is 5.69 Å². The van der Waals surface area contributed by atoms with Gasteiger partial charge in [0.05, 0.1) is 19.7 Å². The van der Waals surface area contributed by atoms with Crippen LogP contribution in [0.1, 0.15) is 122 Å². The summed E-state index contributed by atoms with van der Waals surface area (Å²) >= 11 is 0. The van der Waals surface area contributed by atoms with Gasteiger partial charge in [-0.2, -0.15) is 0 Å². The molecule has 41 heavy (non-hydrogen) atoms. The van der Waals surface area contributed by atoms with Crippen molar-refractivity contribution in [3.8, 4) is 0 Å². The summed E-state index contributed by atoms with van der Waals surface area (Å²) in [5.41, 5.74) is 12.4. The molecule has 3 aromatic carbocycles. The highest BCUT2D eigenvalue weighted by Gasteiger charge is 2.58. The van der Waals surface area contributed by atoms with E-state index < -0.39 is 8.07 Å². The number of aryl methyl sites for hydroxylation is 1. The summed E-state index contributed by atoms with van der Waals surface area (Å²) in [7, 11) is 0.465. The van der Waals surface area contributed by atoms with Gasteiger partial charge >= 0.3 is 0 Å². The maximum absolute atomic E-state index is 6.03. The number of nitrogens with zero attached hydrogens (tertiary/aromatic N) is 1. The predicted molar refractivity (Wildman–Crippen MR) is 177 cm³/mol. The quantitative estimate of drug-likeness (QED) is 0.189. The van der Waals surface area contributed by atoms with Crippen LogP contribution in [0.2, 0.25) is 12.6 Å². The van der Waals surface area contributed by atoms with Crippen LogP contribution in [-0.4, -0.2) is 27.3 Å². The minimum atomic E-state index is -1.89. The topological polar surface area (TPSA) is 12.5 Å². The van der Waals surface area contributed by atoms with Gasteiger partial charge in [0.25, 0.3) is 0 Å². The Kier molecular flexibility index (Phi) is 7.74. The van der Waals surface area contributed by atoms with Crippen molar-refractivity contribution < 1.29 is 4.74 Å². The van der Waals surface area contributed by atoms with Crippen molar-refractivity contribution in [2.75, 3.05) is 18.6 Å². The average Bonchev–Trinajstić information content (AvgIpc) is 3.56. The van der Waals surface area contributed by atoms with E-state index in [-0.39, 0.29) is 5.60 Å². The Balaban J connectivity index is 1.37. The molecule has 6 unspecified atom stereocenters. The SMILES string of the molecule is Cc1ccc2c(c1)C1C(c3ccccc3C1[Si](C)(CCCCCCOC(C)(C)C)C1CC(C)c3ccccc31)N2C. The van der Waals surface area contributed by atoms with E-state index in [1.54, 1.807) is 27.8 Å². The molecule has 0 aromatic heterocycles. The lowest BCUT2D eigenvalue weighted by atomic mass is 9.94. The summed E-state index contributed by atoms with van der Waals surface area (Å²) < 4.78 is 6.03. The summed E-state index contributed by atoms with van der Waals surface area (Å²) in [5.74, 6) is 1.22. The van der Waals surface area contributed by atoms with Gasteiger partial charge in [-0.25, -0.2) is 0 Å². The lowest BCUT2D eigenvalue weighted by Gasteiger charge is -2.43. The van der Waals surface area contributed by atoms with Crippen LogP contribution >= 0.6 is 0 Å². The van der Waals surface area contributed by atoms with Gasteiger partial charge in [0.1, 0.15) is 0 Å². The first-order chi connectivity index (χ1) is 19.6. The number of anilines is 1. The van der Waals surface area contributed by atoms with Gasteiger partial charge in [0.2, 0.25) is 0 Å². The molecule has 0 saturated carbocycles. The third-order valence-electron chi connectivity index (χ3n) is 10.8. The summed E-state index contributed by atoms with van der Waals surface area (Å²) in [4.78, 5) is 2.62. The van der Waals surface area contributed by atoms with Crippen LogP contribution in [0.5, 0.6) is 0 Å². The molecular weight excluding hydrogens is 515 g/mol. The Morgan fingerprint density at radius 2 is 1.49 bits per heavy atom. The van der Waals surface area contributed by atoms with E-state index in [0.717, 1.165) is 6.61 Å². The van der Waals surface area contributed by atoms with Gasteiger partial charge in [-0.15, -0.1) is 0 Å². The van der Waals surface area contributed by atoms with E-state index >= 15 is 0 Å². The fourth-order valence-electron chi connectivity index (χ4n) is 9.00. The van der Waals surface area contributed by atoms with Gasteiger partial charge < -0.3 is 9.64 Å². The number of ether oxygens (including phenoxy) is 1. The second kappa shape index (κ2) is 11.0. The van der Waals surface area contributed by atoms with Crippen molar-refractivity contribution in [1.29, 1.82) is 0 Å². The van der Waals surface area contributed by atoms with Crippen LogP contribution in [0.15, 0.2) is 66.7 Å². The molecule has 6 rings (SSSR count). The number of benzene rings is 3. The minimum Gasteiger partial charge on any atom is -0.376 e. The van der Waals surface area contributed by atoms with Gasteiger partial charge in [0.15, 0.2) is 0 Å². The third-order valence-corrected chi connectivity index (χ3v) is 16.5. The molecule has 3 heteroatoms. The number of rotatable bonds is 9. The van der Waals surface area contributed by atoms with Crippen molar-refractivity contribution in [2.45, 2.75) is 114 Å². The minimum absolute atomic E-state index is 0.0342. The fraction of sp³-hybridized carbons (Fsp3) is 0.526. The maximum atomic E-state index is 6.03. The highest BCUT2D eigenvalue weighted by Crippen LogP contribution is 2.66. The Bertz CT molecular complexity index is 1390. The summed E-state index contributed by atoms with van der Waals surface area (Å²) in [5, 5.41) is 0. The van der Waals surface area contributed by atoms with Crippen LogP contribution in [0.3, 0.4) is 0 Å². The second-order valence-electron chi connectivity index (χ2n) is 14.7. The normalized spacial score (nSPS) is 25.9. The smallest absolute Gasteiger partial charge is 0.0667 e. The number of likely N-dealkylation sites (N-methyl/N-ethyl adjacent to an activating group) is 1. The molecule has 3 aromatic rings. The van der Waals surface area contributed by atoms with E-state index in [4.69, 9.17) is 4.74 Å². The van der Waals surface area contributed by atoms with Gasteiger partial charge in [-0.05, 0) is 91.4 Å². The molecule has 0 radical (unpaired) electrons. The van der Waals surface area contributed by atoms with Crippen molar-refractivity contribution in [3.63, 3.8) is 0 Å². The van der Waals surface area contributed by atoms with Gasteiger partial charge in [-0.1, -0.05) is 105 Å². The third kappa shape index (κ3) is 5.12. The zero-order valence-corrected chi connectivity index (χ0v) is 27.5. The molecule has 0 saturated heterocycles. The predicted octanol–water partition coefficient (Wildman–Crippen LogP) is 10.2. The van der Waals surface area contributed by atoms with Gasteiger partial charge in [-0.3, -0.25) is 0 Å². The molecule has 0 fully saturated rings. The highest BCUT2D eigenvalue weighted by atomic mass is 28.3. The van der Waals surface area contributed by atoms with Crippen LogP contribution in [0.25, 0.3) is 0 Å². The molecule has 0 amide bonds. The first-order valence-electron chi connectivity index (χ1n) is 16.2. The first kappa shape index (κ1) is 28.7. The first-order valence-corrected chi connectivity index (χ1v) is 19.1. The molecule has 0 N–H and O–H groups in total. The molecule has 3 aliphatic rings.